The van der Waals surface area contributed by atoms with Gasteiger partial charge < -0.3 is 20.5 Å². The SMILES string of the molecule is COCCNC(=O)C(C)Oc1ccc(N)cc1Cl. The van der Waals surface area contributed by atoms with Gasteiger partial charge in [-0.1, -0.05) is 11.6 Å². The van der Waals surface area contributed by atoms with Crippen LogP contribution in [0.25, 0.3) is 0 Å². The van der Waals surface area contributed by atoms with E-state index in [1.54, 1.807) is 32.2 Å². The van der Waals surface area contributed by atoms with Gasteiger partial charge in [0.2, 0.25) is 0 Å². The van der Waals surface area contributed by atoms with Crippen LogP contribution in [-0.2, 0) is 9.53 Å². The van der Waals surface area contributed by atoms with Crippen LogP contribution >= 0.6 is 11.6 Å². The maximum Gasteiger partial charge on any atom is 0.260 e. The molecule has 5 nitrogen and oxygen atoms in total. The fourth-order valence-corrected chi connectivity index (χ4v) is 1.51. The van der Waals surface area contributed by atoms with Gasteiger partial charge in [-0.2, -0.15) is 0 Å². The summed E-state index contributed by atoms with van der Waals surface area (Å²) in [6.45, 7) is 2.55. The molecular formula is C12H17ClN2O3. The predicted octanol–water partition coefficient (Wildman–Crippen LogP) is 1.45. The molecule has 1 rings (SSSR count). The van der Waals surface area contributed by atoms with Gasteiger partial charge in [0.1, 0.15) is 5.75 Å². The van der Waals surface area contributed by atoms with Crippen molar-refractivity contribution in [2.45, 2.75) is 13.0 Å². The second kappa shape index (κ2) is 7.08. The maximum atomic E-state index is 11.6. The highest BCUT2D eigenvalue weighted by atomic mass is 35.5. The third kappa shape index (κ3) is 4.43. The molecule has 100 valence electrons. The Labute approximate surface area is 111 Å². The Morgan fingerprint density at radius 2 is 2.28 bits per heavy atom. The van der Waals surface area contributed by atoms with Crippen LogP contribution in [0.1, 0.15) is 6.92 Å². The number of anilines is 1. The van der Waals surface area contributed by atoms with Crippen LogP contribution in [0.2, 0.25) is 5.02 Å². The molecule has 3 N–H and O–H groups in total. The molecule has 0 radical (unpaired) electrons. The molecule has 0 bridgehead atoms. The minimum Gasteiger partial charge on any atom is -0.479 e. The van der Waals surface area contributed by atoms with E-state index in [9.17, 15) is 4.79 Å². The second-order valence-electron chi connectivity index (χ2n) is 3.73. The van der Waals surface area contributed by atoms with Gasteiger partial charge in [-0.3, -0.25) is 4.79 Å². The van der Waals surface area contributed by atoms with Crippen LogP contribution in [0.4, 0.5) is 5.69 Å². The summed E-state index contributed by atoms with van der Waals surface area (Å²) in [4.78, 5) is 11.6. The smallest absolute Gasteiger partial charge is 0.260 e. The third-order valence-electron chi connectivity index (χ3n) is 2.23. The number of hydrogen-bond acceptors (Lipinski definition) is 4. The zero-order chi connectivity index (χ0) is 13.5. The van der Waals surface area contributed by atoms with Crippen molar-refractivity contribution in [2.24, 2.45) is 0 Å². The Balaban J connectivity index is 2.53. The van der Waals surface area contributed by atoms with Gasteiger partial charge in [0.05, 0.1) is 11.6 Å². The minimum absolute atomic E-state index is 0.222. The van der Waals surface area contributed by atoms with Crippen molar-refractivity contribution in [1.29, 1.82) is 0 Å². The molecule has 0 saturated carbocycles. The summed E-state index contributed by atoms with van der Waals surface area (Å²) in [7, 11) is 1.57. The van der Waals surface area contributed by atoms with Crippen molar-refractivity contribution in [2.75, 3.05) is 26.0 Å². The predicted molar refractivity (Wildman–Crippen MR) is 70.8 cm³/mol. The molecule has 18 heavy (non-hydrogen) atoms. The first-order chi connectivity index (χ1) is 8.54. The Hall–Kier alpha value is -1.46. The van der Waals surface area contributed by atoms with E-state index in [0.29, 0.717) is 29.6 Å². The molecule has 0 heterocycles. The van der Waals surface area contributed by atoms with Crippen LogP contribution in [-0.4, -0.2) is 32.3 Å². The first-order valence-electron chi connectivity index (χ1n) is 5.53. The van der Waals surface area contributed by atoms with Gasteiger partial charge in [-0.25, -0.2) is 0 Å². The molecule has 0 aliphatic carbocycles. The van der Waals surface area contributed by atoms with E-state index in [0.717, 1.165) is 0 Å². The molecule has 0 fully saturated rings. The van der Waals surface area contributed by atoms with Crippen molar-refractivity contribution in [3.63, 3.8) is 0 Å². The highest BCUT2D eigenvalue weighted by Gasteiger charge is 2.15. The lowest BCUT2D eigenvalue weighted by molar-refractivity contribution is -0.127. The van der Waals surface area contributed by atoms with E-state index in [-0.39, 0.29) is 5.91 Å². The van der Waals surface area contributed by atoms with Crippen molar-refractivity contribution in [3.05, 3.63) is 23.2 Å². The summed E-state index contributed by atoms with van der Waals surface area (Å²) in [5, 5.41) is 3.06. The molecule has 1 atom stereocenters. The fraction of sp³-hybridized carbons (Fsp3) is 0.417. The maximum absolute atomic E-state index is 11.6. The number of methoxy groups -OCH3 is 1. The largest absolute Gasteiger partial charge is 0.479 e. The summed E-state index contributed by atoms with van der Waals surface area (Å²) in [6.07, 6.45) is -0.636. The van der Waals surface area contributed by atoms with E-state index in [2.05, 4.69) is 5.32 Å². The Morgan fingerprint density at radius 3 is 2.89 bits per heavy atom. The fourth-order valence-electron chi connectivity index (χ4n) is 1.28. The number of nitrogens with two attached hydrogens (primary N) is 1. The second-order valence-corrected chi connectivity index (χ2v) is 4.14. The number of benzene rings is 1. The number of amides is 1. The molecule has 0 aliphatic rings. The van der Waals surface area contributed by atoms with Gasteiger partial charge in [0.25, 0.3) is 5.91 Å². The molecule has 6 heteroatoms. The first kappa shape index (κ1) is 14.6. The van der Waals surface area contributed by atoms with Crippen LogP contribution in [0, 0.1) is 0 Å². The van der Waals surface area contributed by atoms with Gasteiger partial charge in [0.15, 0.2) is 6.10 Å². The number of nitrogen functional groups attached to an aromatic ring is 1. The highest BCUT2D eigenvalue weighted by Crippen LogP contribution is 2.27. The van der Waals surface area contributed by atoms with Crippen LogP contribution in [0.3, 0.4) is 0 Å². The van der Waals surface area contributed by atoms with E-state index < -0.39 is 6.10 Å². The lowest BCUT2D eigenvalue weighted by Crippen LogP contribution is -2.37. The quantitative estimate of drug-likeness (QED) is 0.607. The zero-order valence-corrected chi connectivity index (χ0v) is 11.2. The van der Waals surface area contributed by atoms with E-state index >= 15 is 0 Å². The molecule has 1 amide bonds. The zero-order valence-electron chi connectivity index (χ0n) is 10.4. The third-order valence-corrected chi connectivity index (χ3v) is 2.53. The molecule has 1 unspecified atom stereocenters. The molecule has 0 aromatic heterocycles. The van der Waals surface area contributed by atoms with Crippen LogP contribution in [0.5, 0.6) is 5.75 Å². The number of ether oxygens (including phenoxy) is 2. The monoisotopic (exact) mass is 272 g/mol. The molecule has 1 aromatic carbocycles. The lowest BCUT2D eigenvalue weighted by atomic mass is 10.3. The molecule has 0 aliphatic heterocycles. The summed E-state index contributed by atoms with van der Waals surface area (Å²) >= 11 is 5.95. The van der Waals surface area contributed by atoms with Crippen molar-refractivity contribution in [3.8, 4) is 5.75 Å². The Bertz CT molecular complexity index is 412. The number of carbonyl (C=O) groups is 1. The Morgan fingerprint density at radius 1 is 1.56 bits per heavy atom. The average Bonchev–Trinajstić information content (AvgIpc) is 2.32. The van der Waals surface area contributed by atoms with E-state index in [1.807, 2.05) is 0 Å². The number of hydrogen-bond donors (Lipinski definition) is 2. The van der Waals surface area contributed by atoms with Gasteiger partial charge >= 0.3 is 0 Å². The van der Waals surface area contributed by atoms with Crippen molar-refractivity contribution < 1.29 is 14.3 Å². The number of nitrogens with one attached hydrogen (secondary N) is 1. The summed E-state index contributed by atoms with van der Waals surface area (Å²) in [5.41, 5.74) is 6.11. The highest BCUT2D eigenvalue weighted by molar-refractivity contribution is 6.32. The summed E-state index contributed by atoms with van der Waals surface area (Å²) < 4.78 is 10.3. The van der Waals surface area contributed by atoms with Crippen molar-refractivity contribution in [1.82, 2.24) is 5.32 Å². The van der Waals surface area contributed by atoms with E-state index in [1.165, 1.54) is 0 Å². The number of halogens is 1. The van der Waals surface area contributed by atoms with Gasteiger partial charge in [-0.15, -0.1) is 0 Å². The lowest BCUT2D eigenvalue weighted by Gasteiger charge is -2.15. The normalized spacial score (nSPS) is 11.9. The Kier molecular flexibility index (Phi) is 5.74. The van der Waals surface area contributed by atoms with Crippen molar-refractivity contribution >= 4 is 23.2 Å². The standard InChI is InChI=1S/C12H17ClN2O3/c1-8(12(16)15-5-6-17-2)18-11-4-3-9(14)7-10(11)13/h3-4,7-8H,5-6,14H2,1-2H3,(H,15,16). The minimum atomic E-state index is -0.636. The molecule has 0 spiro atoms. The van der Waals surface area contributed by atoms with E-state index in [4.69, 9.17) is 26.8 Å². The number of rotatable bonds is 6. The summed E-state index contributed by atoms with van der Waals surface area (Å²) in [6, 6.07) is 4.87. The van der Waals surface area contributed by atoms with Gasteiger partial charge in [0, 0.05) is 19.3 Å². The first-order valence-corrected chi connectivity index (χ1v) is 5.90. The molecular weight excluding hydrogens is 256 g/mol. The molecule has 0 saturated heterocycles. The van der Waals surface area contributed by atoms with Gasteiger partial charge in [-0.05, 0) is 25.1 Å². The number of carbonyl (C=O) groups excluding carboxylic acids is 1. The van der Waals surface area contributed by atoms with Crippen LogP contribution in [0.15, 0.2) is 18.2 Å². The molecule has 1 aromatic rings. The topological polar surface area (TPSA) is 73.6 Å². The van der Waals surface area contributed by atoms with Crippen LogP contribution < -0.4 is 15.8 Å². The summed E-state index contributed by atoms with van der Waals surface area (Å²) in [5.74, 6) is 0.209. The average molecular weight is 273 g/mol.